The number of nitrogens with one attached hydrogen (secondary N) is 1. The molecule has 14 heteroatoms. The van der Waals surface area contributed by atoms with Crippen LogP contribution in [0.5, 0.6) is 0 Å². The van der Waals surface area contributed by atoms with Crippen molar-refractivity contribution in [2.75, 3.05) is 6.61 Å². The molecule has 5 atom stereocenters. The van der Waals surface area contributed by atoms with Gasteiger partial charge in [-0.05, 0) is 41.0 Å². The van der Waals surface area contributed by atoms with Crippen molar-refractivity contribution in [3.63, 3.8) is 0 Å². The highest BCUT2D eigenvalue weighted by Gasteiger charge is 2.60. The number of carbonyl (C=O) groups is 2. The Kier molecular flexibility index (Phi) is 5.45. The van der Waals surface area contributed by atoms with E-state index in [4.69, 9.17) is 4.74 Å². The van der Waals surface area contributed by atoms with E-state index in [2.05, 4.69) is 5.32 Å². The summed E-state index contributed by atoms with van der Waals surface area (Å²) in [4.78, 5) is 26.1. The van der Waals surface area contributed by atoms with Crippen LogP contribution in [0.1, 0.15) is 37.8 Å². The number of ether oxygens (including phenoxy) is 1. The van der Waals surface area contributed by atoms with E-state index in [1.807, 2.05) is 0 Å². The van der Waals surface area contributed by atoms with Crippen molar-refractivity contribution in [1.29, 1.82) is 0 Å². The average Bonchev–Trinajstić information content (AvgIpc) is 3.52. The van der Waals surface area contributed by atoms with Crippen LogP contribution >= 0.6 is 11.3 Å². The van der Waals surface area contributed by atoms with E-state index in [1.54, 1.807) is 0 Å². The Hall–Kier alpha value is -3.56. The number of thiophene rings is 1. The summed E-state index contributed by atoms with van der Waals surface area (Å²) in [6.45, 7) is -1.28. The summed E-state index contributed by atoms with van der Waals surface area (Å²) >= 11 is 0.832. The van der Waals surface area contributed by atoms with Crippen LogP contribution in [-0.2, 0) is 4.74 Å². The van der Waals surface area contributed by atoms with Gasteiger partial charge >= 0.3 is 5.92 Å². The van der Waals surface area contributed by atoms with E-state index >= 15 is 0 Å². The lowest BCUT2D eigenvalue weighted by Gasteiger charge is -2.44. The molecule has 7 nitrogen and oxygen atoms in total. The zero-order valence-corrected chi connectivity index (χ0v) is 21.0. The fraction of sp³-hybridized carbons (Fsp3) is 0.259. The van der Waals surface area contributed by atoms with Gasteiger partial charge in [0.1, 0.15) is 18.3 Å². The first-order valence-corrected chi connectivity index (χ1v) is 12.9. The maximum Gasteiger partial charge on any atom is 0.303 e. The maximum absolute atomic E-state index is 14.7. The number of aliphatic hydroxyl groups is 3. The molecule has 3 unspecified atom stereocenters. The third-order valence-corrected chi connectivity index (χ3v) is 9.17. The SMILES string of the molecule is O=C1NC(=O)c2c1c1c(c3sc4cc(F)c(F)cc4c23)C(C2O[C@H](CO)C(F)(F)C(O)[C@H]2O)c2cc(F)c(F)cc2-1. The number of hydrogen-bond acceptors (Lipinski definition) is 7. The highest BCUT2D eigenvalue weighted by atomic mass is 32.1. The molecule has 2 aliphatic heterocycles. The van der Waals surface area contributed by atoms with Gasteiger partial charge in [0.2, 0.25) is 0 Å². The smallest absolute Gasteiger partial charge is 0.303 e. The average molecular weight is 595 g/mol. The molecule has 0 saturated carbocycles. The van der Waals surface area contributed by atoms with Crippen molar-refractivity contribution in [2.24, 2.45) is 0 Å². The molecule has 1 aliphatic carbocycles. The van der Waals surface area contributed by atoms with E-state index < -0.39 is 77.9 Å². The van der Waals surface area contributed by atoms with Crippen LogP contribution < -0.4 is 5.32 Å². The second kappa shape index (κ2) is 8.49. The standard InChI is InChI=1S/C27H15F6NO6S/c28-9-1-6-7(2-10(9)29)16(22-21(36)24(37)27(32,33)14(5-35)40-22)18-15(6)19-20(26(39)34-25(19)38)17-8-3-11(30)12(31)4-13(8)41-23(17)18/h1-4,14,16,21-22,24,35-37H,5H2,(H,34,38,39)/t14-,16?,21+,22?,24?/m1/s1. The zero-order valence-electron chi connectivity index (χ0n) is 20.1. The molecule has 7 rings (SSSR count). The van der Waals surface area contributed by atoms with Crippen molar-refractivity contribution in [2.45, 2.75) is 36.3 Å². The summed E-state index contributed by atoms with van der Waals surface area (Å²) in [5.74, 6) is -12.6. The Labute approximate surface area is 228 Å². The van der Waals surface area contributed by atoms with Gasteiger partial charge in [0.05, 0.1) is 23.8 Å². The van der Waals surface area contributed by atoms with Crippen LogP contribution in [0.25, 0.3) is 31.3 Å². The predicted molar refractivity (Wildman–Crippen MR) is 131 cm³/mol. The number of amides is 2. The first-order valence-electron chi connectivity index (χ1n) is 12.1. The third-order valence-electron chi connectivity index (χ3n) is 7.98. The summed E-state index contributed by atoms with van der Waals surface area (Å²) in [7, 11) is 0. The summed E-state index contributed by atoms with van der Waals surface area (Å²) in [6.07, 6.45) is -9.22. The first-order chi connectivity index (χ1) is 19.4. The predicted octanol–water partition coefficient (Wildman–Crippen LogP) is 3.72. The molecule has 0 bridgehead atoms. The van der Waals surface area contributed by atoms with Crippen LogP contribution in [0.15, 0.2) is 24.3 Å². The molecule has 41 heavy (non-hydrogen) atoms. The van der Waals surface area contributed by atoms with Gasteiger partial charge in [-0.15, -0.1) is 11.3 Å². The topological polar surface area (TPSA) is 116 Å². The van der Waals surface area contributed by atoms with Crippen molar-refractivity contribution in [1.82, 2.24) is 5.32 Å². The second-order valence-corrected chi connectivity index (χ2v) is 11.2. The third kappa shape index (κ3) is 3.30. The minimum absolute atomic E-state index is 0.00349. The van der Waals surface area contributed by atoms with Gasteiger partial charge < -0.3 is 20.1 Å². The number of fused-ring (bicyclic) bond motifs is 10. The molecular weight excluding hydrogens is 580 g/mol. The number of hydrogen-bond donors (Lipinski definition) is 4. The summed E-state index contributed by atoms with van der Waals surface area (Å²) in [5, 5.41) is 32.9. The lowest BCUT2D eigenvalue weighted by Crippen LogP contribution is -2.63. The molecule has 3 heterocycles. The number of benzene rings is 3. The molecule has 1 aromatic heterocycles. The monoisotopic (exact) mass is 595 g/mol. The minimum atomic E-state index is -4.10. The quantitative estimate of drug-likeness (QED) is 0.208. The van der Waals surface area contributed by atoms with E-state index in [-0.39, 0.29) is 53.6 Å². The Morgan fingerprint density at radius 2 is 1.54 bits per heavy atom. The van der Waals surface area contributed by atoms with Crippen LogP contribution in [0, 0.1) is 23.3 Å². The number of halogens is 6. The van der Waals surface area contributed by atoms with Crippen LogP contribution in [0.2, 0.25) is 0 Å². The summed E-state index contributed by atoms with van der Waals surface area (Å²) in [5.41, 5.74) is -0.873. The molecule has 0 radical (unpaired) electrons. The first kappa shape index (κ1) is 26.3. The lowest BCUT2D eigenvalue weighted by atomic mass is 9.81. The van der Waals surface area contributed by atoms with Crippen LogP contribution in [0.3, 0.4) is 0 Å². The molecule has 1 fully saturated rings. The number of aliphatic hydroxyl groups excluding tert-OH is 3. The van der Waals surface area contributed by atoms with Gasteiger partial charge in [-0.1, -0.05) is 0 Å². The summed E-state index contributed by atoms with van der Waals surface area (Å²) in [6, 6.07) is 3.14. The minimum Gasteiger partial charge on any atom is -0.393 e. The van der Waals surface area contributed by atoms with Gasteiger partial charge in [-0.3, -0.25) is 14.9 Å². The molecule has 212 valence electrons. The van der Waals surface area contributed by atoms with Crippen molar-refractivity contribution < 1.29 is 56.0 Å². The molecule has 2 amide bonds. The maximum atomic E-state index is 14.7. The van der Waals surface area contributed by atoms with Gasteiger partial charge in [-0.25, -0.2) is 26.3 Å². The van der Waals surface area contributed by atoms with Gasteiger partial charge in [-0.2, -0.15) is 0 Å². The fourth-order valence-corrected chi connectivity index (χ4v) is 7.52. The van der Waals surface area contributed by atoms with Crippen molar-refractivity contribution in [3.05, 3.63) is 69.8 Å². The molecule has 0 spiro atoms. The Balaban J connectivity index is 1.63. The molecular formula is C27H15F6NO6S. The van der Waals surface area contributed by atoms with E-state index in [0.717, 1.165) is 35.6 Å². The molecule has 4 N–H and O–H groups in total. The lowest BCUT2D eigenvalue weighted by molar-refractivity contribution is -0.295. The number of alkyl halides is 2. The highest BCUT2D eigenvalue weighted by molar-refractivity contribution is 7.26. The van der Waals surface area contributed by atoms with Crippen molar-refractivity contribution >= 4 is 43.3 Å². The Morgan fingerprint density at radius 1 is 0.902 bits per heavy atom. The molecule has 4 aromatic rings. The molecule has 3 aromatic carbocycles. The molecule has 1 saturated heterocycles. The van der Waals surface area contributed by atoms with Gasteiger partial charge in [0.25, 0.3) is 11.8 Å². The fourth-order valence-electron chi connectivity index (χ4n) is 6.22. The van der Waals surface area contributed by atoms with Gasteiger partial charge in [0.15, 0.2) is 23.3 Å². The number of imide groups is 1. The number of carbonyl (C=O) groups excluding carboxylic acids is 2. The van der Waals surface area contributed by atoms with Crippen LogP contribution in [-0.4, -0.2) is 64.1 Å². The number of rotatable bonds is 2. The van der Waals surface area contributed by atoms with Crippen LogP contribution in [0.4, 0.5) is 26.3 Å². The summed E-state index contributed by atoms with van der Waals surface area (Å²) < 4.78 is 92.8. The largest absolute Gasteiger partial charge is 0.393 e. The van der Waals surface area contributed by atoms with E-state index in [9.17, 15) is 51.3 Å². The Morgan fingerprint density at radius 3 is 2.24 bits per heavy atom. The van der Waals surface area contributed by atoms with Crippen molar-refractivity contribution in [3.8, 4) is 11.1 Å². The zero-order chi connectivity index (χ0) is 29.3. The van der Waals surface area contributed by atoms with Gasteiger partial charge in [0, 0.05) is 31.7 Å². The Bertz CT molecular complexity index is 1870. The second-order valence-electron chi connectivity index (χ2n) is 10.1. The highest BCUT2D eigenvalue weighted by Crippen LogP contribution is 2.58. The molecule has 3 aliphatic rings. The normalized spacial score (nSPS) is 26.4. The van der Waals surface area contributed by atoms with E-state index in [1.165, 1.54) is 0 Å². The van der Waals surface area contributed by atoms with E-state index in [0.29, 0.717) is 0 Å².